The van der Waals surface area contributed by atoms with Gasteiger partial charge in [0.2, 0.25) is 0 Å². The molecule has 0 amide bonds. The maximum absolute atomic E-state index is 13.0. The molecule has 18 heavy (non-hydrogen) atoms. The van der Waals surface area contributed by atoms with Gasteiger partial charge in [0.15, 0.2) is 5.82 Å². The SMILES string of the molecule is CC(C)Cn1c(C(=O)[O-])nc2cc(F)ccc21.[Li+]. The van der Waals surface area contributed by atoms with Gasteiger partial charge in [-0.15, -0.1) is 0 Å². The maximum atomic E-state index is 13.0. The molecular formula is C12H12FLiN2O2. The van der Waals surface area contributed by atoms with Gasteiger partial charge < -0.3 is 14.5 Å². The molecule has 0 spiro atoms. The zero-order valence-corrected chi connectivity index (χ0v) is 10.6. The molecule has 0 radical (unpaired) electrons. The van der Waals surface area contributed by atoms with Crippen LogP contribution in [0.1, 0.15) is 24.5 Å². The number of imidazole rings is 1. The van der Waals surface area contributed by atoms with Crippen LogP contribution in [0.2, 0.25) is 0 Å². The molecule has 0 atom stereocenters. The number of rotatable bonds is 3. The standard InChI is InChI=1S/C12H13FN2O2.Li/c1-7(2)6-15-10-4-3-8(13)5-9(10)14-11(15)12(16)17;/h3-5,7H,6H2,1-2H3,(H,16,17);/q;+1/p-1. The minimum absolute atomic E-state index is 0. The Hall–Kier alpha value is -1.31. The van der Waals surface area contributed by atoms with Gasteiger partial charge in [-0.25, -0.2) is 9.37 Å². The average molecular weight is 242 g/mol. The molecule has 1 aromatic heterocycles. The van der Waals surface area contributed by atoms with Crippen molar-refractivity contribution in [2.24, 2.45) is 5.92 Å². The Morgan fingerprint density at radius 3 is 2.72 bits per heavy atom. The van der Waals surface area contributed by atoms with Crippen LogP contribution < -0.4 is 24.0 Å². The van der Waals surface area contributed by atoms with E-state index >= 15 is 0 Å². The van der Waals surface area contributed by atoms with E-state index in [0.717, 1.165) is 0 Å². The minimum Gasteiger partial charge on any atom is -0.542 e. The summed E-state index contributed by atoms with van der Waals surface area (Å²) < 4.78 is 14.6. The number of hydrogen-bond donors (Lipinski definition) is 0. The van der Waals surface area contributed by atoms with Crippen molar-refractivity contribution in [3.8, 4) is 0 Å². The van der Waals surface area contributed by atoms with E-state index in [-0.39, 0.29) is 30.6 Å². The third kappa shape index (κ3) is 2.74. The van der Waals surface area contributed by atoms with Crippen molar-refractivity contribution in [1.82, 2.24) is 9.55 Å². The minimum atomic E-state index is -1.35. The first-order valence-electron chi connectivity index (χ1n) is 5.36. The number of carbonyl (C=O) groups excluding carboxylic acids is 1. The van der Waals surface area contributed by atoms with Gasteiger partial charge in [-0.2, -0.15) is 0 Å². The van der Waals surface area contributed by atoms with E-state index in [4.69, 9.17) is 0 Å². The molecule has 2 aromatic rings. The Morgan fingerprint density at radius 2 is 2.17 bits per heavy atom. The van der Waals surface area contributed by atoms with Crippen molar-refractivity contribution in [2.75, 3.05) is 0 Å². The first-order chi connectivity index (χ1) is 7.99. The van der Waals surface area contributed by atoms with E-state index < -0.39 is 11.8 Å². The number of halogens is 1. The third-order valence-electron chi connectivity index (χ3n) is 2.44. The number of hydrogen-bond acceptors (Lipinski definition) is 3. The fourth-order valence-electron chi connectivity index (χ4n) is 1.81. The van der Waals surface area contributed by atoms with Crippen LogP contribution in [0.4, 0.5) is 4.39 Å². The van der Waals surface area contributed by atoms with Gasteiger partial charge in [0, 0.05) is 12.6 Å². The molecule has 0 aliphatic heterocycles. The van der Waals surface area contributed by atoms with Gasteiger partial charge in [-0.3, -0.25) is 0 Å². The largest absolute Gasteiger partial charge is 1.00 e. The van der Waals surface area contributed by atoms with E-state index in [1.807, 2.05) is 13.8 Å². The summed E-state index contributed by atoms with van der Waals surface area (Å²) in [5.41, 5.74) is 0.948. The maximum Gasteiger partial charge on any atom is 1.00 e. The van der Waals surface area contributed by atoms with Crippen molar-refractivity contribution in [3.63, 3.8) is 0 Å². The number of carboxylic acids is 1. The van der Waals surface area contributed by atoms with E-state index in [1.165, 1.54) is 18.2 Å². The molecular weight excluding hydrogens is 230 g/mol. The van der Waals surface area contributed by atoms with Gasteiger partial charge in [0.05, 0.1) is 11.0 Å². The molecule has 1 heterocycles. The summed E-state index contributed by atoms with van der Waals surface area (Å²) in [5.74, 6) is -1.67. The molecule has 0 fully saturated rings. The Morgan fingerprint density at radius 1 is 1.50 bits per heavy atom. The molecule has 0 saturated heterocycles. The van der Waals surface area contributed by atoms with Crippen LogP contribution in [-0.4, -0.2) is 15.5 Å². The molecule has 0 saturated carbocycles. The van der Waals surface area contributed by atoms with Crippen LogP contribution in [0.15, 0.2) is 18.2 Å². The van der Waals surface area contributed by atoms with E-state index in [2.05, 4.69) is 4.98 Å². The fraction of sp³-hybridized carbons (Fsp3) is 0.333. The van der Waals surface area contributed by atoms with Crippen LogP contribution in [0, 0.1) is 11.7 Å². The van der Waals surface area contributed by atoms with Gasteiger partial charge in [0.1, 0.15) is 11.8 Å². The number of nitrogens with zero attached hydrogens (tertiary/aromatic N) is 2. The fourth-order valence-corrected chi connectivity index (χ4v) is 1.81. The Kier molecular flexibility index (Phi) is 4.55. The second-order valence-electron chi connectivity index (χ2n) is 4.36. The molecule has 0 N–H and O–H groups in total. The third-order valence-corrected chi connectivity index (χ3v) is 2.44. The summed E-state index contributed by atoms with van der Waals surface area (Å²) >= 11 is 0. The van der Waals surface area contributed by atoms with Crippen molar-refractivity contribution in [2.45, 2.75) is 20.4 Å². The number of aromatic carboxylic acids is 1. The molecule has 4 nitrogen and oxygen atoms in total. The second kappa shape index (κ2) is 5.55. The normalized spacial score (nSPS) is 10.7. The Balaban J connectivity index is 0.00000162. The molecule has 2 rings (SSSR count). The summed E-state index contributed by atoms with van der Waals surface area (Å²) in [4.78, 5) is 14.9. The molecule has 0 bridgehead atoms. The van der Waals surface area contributed by atoms with Crippen LogP contribution in [-0.2, 0) is 6.54 Å². The summed E-state index contributed by atoms with van der Waals surface area (Å²) in [6.07, 6.45) is 0. The quantitative estimate of drug-likeness (QED) is 0.597. The van der Waals surface area contributed by atoms with Crippen LogP contribution >= 0.6 is 0 Å². The molecule has 0 unspecified atom stereocenters. The average Bonchev–Trinajstić information content (AvgIpc) is 2.55. The Labute approximate surface area is 116 Å². The zero-order chi connectivity index (χ0) is 12.6. The molecule has 6 heteroatoms. The van der Waals surface area contributed by atoms with E-state index in [1.54, 1.807) is 4.57 Å². The molecule has 0 aliphatic rings. The molecule has 0 aliphatic carbocycles. The predicted octanol–water partition coefficient (Wildman–Crippen LogP) is -1.80. The summed E-state index contributed by atoms with van der Waals surface area (Å²) in [6.45, 7) is 4.44. The van der Waals surface area contributed by atoms with Gasteiger partial charge in [-0.05, 0) is 18.1 Å². The molecule has 1 aromatic carbocycles. The van der Waals surface area contributed by atoms with Crippen LogP contribution in [0.25, 0.3) is 11.0 Å². The van der Waals surface area contributed by atoms with Crippen molar-refractivity contribution >= 4 is 17.0 Å². The summed E-state index contributed by atoms with van der Waals surface area (Å²) in [5, 5.41) is 11.0. The summed E-state index contributed by atoms with van der Waals surface area (Å²) in [7, 11) is 0. The smallest absolute Gasteiger partial charge is 0.542 e. The second-order valence-corrected chi connectivity index (χ2v) is 4.36. The van der Waals surface area contributed by atoms with Crippen molar-refractivity contribution in [1.29, 1.82) is 0 Å². The number of benzene rings is 1. The topological polar surface area (TPSA) is 58.0 Å². The predicted molar refractivity (Wildman–Crippen MR) is 58.9 cm³/mol. The van der Waals surface area contributed by atoms with Crippen LogP contribution in [0.3, 0.4) is 0 Å². The van der Waals surface area contributed by atoms with E-state index in [9.17, 15) is 14.3 Å². The molecule has 90 valence electrons. The van der Waals surface area contributed by atoms with Crippen LogP contribution in [0.5, 0.6) is 0 Å². The number of aromatic nitrogens is 2. The first-order valence-corrected chi connectivity index (χ1v) is 5.36. The first kappa shape index (κ1) is 14.7. The Bertz CT molecular complexity index is 581. The van der Waals surface area contributed by atoms with Gasteiger partial charge in [-0.1, -0.05) is 13.8 Å². The zero-order valence-electron chi connectivity index (χ0n) is 10.6. The summed E-state index contributed by atoms with van der Waals surface area (Å²) in [6, 6.07) is 4.05. The van der Waals surface area contributed by atoms with Gasteiger partial charge >= 0.3 is 18.9 Å². The number of fused-ring (bicyclic) bond motifs is 1. The number of carboxylic acid groups (broad SMARTS) is 1. The van der Waals surface area contributed by atoms with Gasteiger partial charge in [0.25, 0.3) is 0 Å². The van der Waals surface area contributed by atoms with Crippen molar-refractivity contribution < 1.29 is 33.2 Å². The number of carbonyl (C=O) groups is 1. The van der Waals surface area contributed by atoms with E-state index in [0.29, 0.717) is 17.6 Å². The van der Waals surface area contributed by atoms with Crippen molar-refractivity contribution in [3.05, 3.63) is 29.8 Å². The monoisotopic (exact) mass is 242 g/mol.